The molecule has 0 unspecified atom stereocenters. The maximum absolute atomic E-state index is 13.0. The second-order valence-corrected chi connectivity index (χ2v) is 8.43. The number of Topliss-reactive ketones (excluding diaryl/α,β-unsaturated/α-hetero) is 1. The molecule has 156 valence electrons. The van der Waals surface area contributed by atoms with Gasteiger partial charge in [0.05, 0.1) is 17.6 Å². The third-order valence-electron chi connectivity index (χ3n) is 4.79. The molecule has 0 radical (unpaired) electrons. The van der Waals surface area contributed by atoms with E-state index < -0.39 is 11.7 Å². The van der Waals surface area contributed by atoms with Crippen molar-refractivity contribution in [2.75, 3.05) is 5.32 Å². The smallest absolute Gasteiger partial charge is 0.296 e. The van der Waals surface area contributed by atoms with Gasteiger partial charge in [-0.2, -0.15) is 0 Å². The monoisotopic (exact) mass is 490 g/mol. The van der Waals surface area contributed by atoms with Gasteiger partial charge in [0.1, 0.15) is 5.15 Å². The molecule has 1 heterocycles. The number of fused-ring (bicyclic) bond motifs is 1. The Morgan fingerprint density at radius 1 is 0.839 bits per heavy atom. The second-order valence-electron chi connectivity index (χ2n) is 6.79. The lowest BCUT2D eigenvalue weighted by Crippen LogP contribution is -2.23. The van der Waals surface area contributed by atoms with E-state index in [4.69, 9.17) is 46.4 Å². The normalized spacial score (nSPS) is 11.0. The number of para-hydroxylation sites is 1. The number of nitrogens with one attached hydrogen (secondary N) is 1. The summed E-state index contributed by atoms with van der Waals surface area (Å²) >= 11 is 24.8. The number of carbonyl (C=O) groups is 2. The number of nitrogens with zero attached hydrogens (tertiary/aromatic N) is 1. The molecule has 31 heavy (non-hydrogen) atoms. The van der Waals surface area contributed by atoms with Crippen molar-refractivity contribution >= 4 is 74.7 Å². The fraction of sp³-hybridized carbons (Fsp3) is 0.0435. The molecule has 4 nitrogen and oxygen atoms in total. The molecule has 0 aliphatic heterocycles. The van der Waals surface area contributed by atoms with E-state index >= 15 is 0 Å². The van der Waals surface area contributed by atoms with Crippen LogP contribution >= 0.6 is 46.4 Å². The highest BCUT2D eigenvalue weighted by Gasteiger charge is 2.26. The van der Waals surface area contributed by atoms with Crippen molar-refractivity contribution in [3.05, 3.63) is 98.1 Å². The molecule has 4 rings (SSSR count). The summed E-state index contributed by atoms with van der Waals surface area (Å²) in [6.07, 6.45) is 0. The van der Waals surface area contributed by atoms with Gasteiger partial charge in [-0.15, -0.1) is 0 Å². The molecular formula is C23H14Cl4N2O2. The summed E-state index contributed by atoms with van der Waals surface area (Å²) in [5.74, 6) is -1.53. The quantitative estimate of drug-likeness (QED) is 0.238. The van der Waals surface area contributed by atoms with Gasteiger partial charge in [0, 0.05) is 26.1 Å². The van der Waals surface area contributed by atoms with Gasteiger partial charge in [-0.25, -0.2) is 0 Å². The molecule has 8 heteroatoms. The van der Waals surface area contributed by atoms with Crippen molar-refractivity contribution in [2.24, 2.45) is 0 Å². The zero-order chi connectivity index (χ0) is 22.1. The Morgan fingerprint density at radius 3 is 2.23 bits per heavy atom. The van der Waals surface area contributed by atoms with Crippen molar-refractivity contribution in [1.29, 1.82) is 0 Å². The highest BCUT2D eigenvalue weighted by atomic mass is 35.5. The van der Waals surface area contributed by atoms with Crippen molar-refractivity contribution < 1.29 is 9.59 Å². The zero-order valence-electron chi connectivity index (χ0n) is 15.8. The Balaban J connectivity index is 1.72. The van der Waals surface area contributed by atoms with Crippen LogP contribution in [0.3, 0.4) is 0 Å². The molecule has 0 aliphatic rings. The Kier molecular flexibility index (Phi) is 6.26. The molecule has 0 aliphatic carbocycles. The summed E-state index contributed by atoms with van der Waals surface area (Å²) in [6.45, 7) is 0.307. The summed E-state index contributed by atoms with van der Waals surface area (Å²) in [7, 11) is 0. The maximum atomic E-state index is 13.0. The van der Waals surface area contributed by atoms with Gasteiger partial charge in [-0.05, 0) is 48.0 Å². The average Bonchev–Trinajstić information content (AvgIpc) is 3.02. The highest BCUT2D eigenvalue weighted by molar-refractivity contribution is 6.52. The van der Waals surface area contributed by atoms with Crippen LogP contribution in [0.2, 0.25) is 20.2 Å². The summed E-state index contributed by atoms with van der Waals surface area (Å²) < 4.78 is 1.74. The Bertz CT molecular complexity index is 1310. The first-order valence-corrected chi connectivity index (χ1v) is 10.7. The molecule has 0 atom stereocenters. The van der Waals surface area contributed by atoms with Gasteiger partial charge >= 0.3 is 0 Å². The average molecular weight is 492 g/mol. The maximum Gasteiger partial charge on any atom is 0.296 e. The van der Waals surface area contributed by atoms with E-state index in [0.717, 1.165) is 5.56 Å². The molecule has 3 aromatic carbocycles. The number of halogens is 4. The van der Waals surface area contributed by atoms with Crippen LogP contribution in [0.25, 0.3) is 10.9 Å². The SMILES string of the molecule is O=C(Nc1ccc(Cl)cc1)C(=O)c1c(Cl)n(Cc2ccc(Cl)cc2Cl)c2ccccc12. The van der Waals surface area contributed by atoms with Gasteiger partial charge in [0.15, 0.2) is 0 Å². The van der Waals surface area contributed by atoms with Gasteiger partial charge in [0.25, 0.3) is 11.7 Å². The standard InChI is InChI=1S/C23H14Cl4N2O2/c24-14-7-9-16(10-8-14)28-23(31)21(30)20-17-3-1-2-4-19(17)29(22(20)27)12-13-5-6-15(25)11-18(13)26/h1-11H,12H2,(H,28,31). The van der Waals surface area contributed by atoms with Crippen LogP contribution in [0.4, 0.5) is 5.69 Å². The fourth-order valence-electron chi connectivity index (χ4n) is 3.30. The van der Waals surface area contributed by atoms with Crippen LogP contribution in [0.1, 0.15) is 15.9 Å². The molecular weight excluding hydrogens is 478 g/mol. The van der Waals surface area contributed by atoms with Gasteiger partial charge in [-0.1, -0.05) is 70.7 Å². The van der Waals surface area contributed by atoms with Crippen LogP contribution in [-0.4, -0.2) is 16.3 Å². The van der Waals surface area contributed by atoms with E-state index in [0.29, 0.717) is 38.2 Å². The lowest BCUT2D eigenvalue weighted by Gasteiger charge is -2.10. The van der Waals surface area contributed by atoms with E-state index in [9.17, 15) is 9.59 Å². The lowest BCUT2D eigenvalue weighted by atomic mass is 10.1. The van der Waals surface area contributed by atoms with Crippen LogP contribution < -0.4 is 5.32 Å². The largest absolute Gasteiger partial charge is 0.326 e. The van der Waals surface area contributed by atoms with E-state index in [-0.39, 0.29) is 10.7 Å². The number of rotatable bonds is 5. The van der Waals surface area contributed by atoms with E-state index in [2.05, 4.69) is 5.32 Å². The van der Waals surface area contributed by atoms with Crippen LogP contribution in [-0.2, 0) is 11.3 Å². The van der Waals surface area contributed by atoms with E-state index in [1.54, 1.807) is 59.2 Å². The minimum absolute atomic E-state index is 0.133. The second kappa shape index (κ2) is 8.93. The predicted molar refractivity (Wildman–Crippen MR) is 127 cm³/mol. The van der Waals surface area contributed by atoms with Crippen molar-refractivity contribution in [1.82, 2.24) is 4.57 Å². The van der Waals surface area contributed by atoms with Crippen LogP contribution in [0.5, 0.6) is 0 Å². The molecule has 4 aromatic rings. The van der Waals surface area contributed by atoms with E-state index in [1.165, 1.54) is 0 Å². The third kappa shape index (κ3) is 4.43. The van der Waals surface area contributed by atoms with E-state index in [1.807, 2.05) is 12.1 Å². The van der Waals surface area contributed by atoms with Crippen molar-refractivity contribution in [2.45, 2.75) is 6.54 Å². The predicted octanol–water partition coefficient (Wildman–Crippen LogP) is 7.12. The first kappa shape index (κ1) is 21.7. The Hall–Kier alpha value is -2.50. The van der Waals surface area contributed by atoms with Gasteiger partial charge < -0.3 is 9.88 Å². The summed E-state index contributed by atoms with van der Waals surface area (Å²) in [4.78, 5) is 25.7. The number of amides is 1. The number of aromatic nitrogens is 1. The molecule has 0 spiro atoms. The molecule has 1 aromatic heterocycles. The molecule has 1 amide bonds. The number of anilines is 1. The minimum Gasteiger partial charge on any atom is -0.326 e. The number of hydrogen-bond acceptors (Lipinski definition) is 2. The Labute approximate surface area is 198 Å². The lowest BCUT2D eigenvalue weighted by molar-refractivity contribution is -0.112. The van der Waals surface area contributed by atoms with Crippen molar-refractivity contribution in [3.63, 3.8) is 0 Å². The molecule has 1 N–H and O–H groups in total. The summed E-state index contributed by atoms with van der Waals surface area (Å²) in [5, 5.41) is 4.84. The third-order valence-corrected chi connectivity index (χ3v) is 6.02. The molecule has 0 fully saturated rings. The minimum atomic E-state index is -0.795. The van der Waals surface area contributed by atoms with Gasteiger partial charge in [-0.3, -0.25) is 9.59 Å². The fourth-order valence-corrected chi connectivity index (χ4v) is 4.23. The summed E-state index contributed by atoms with van der Waals surface area (Å²) in [5.41, 5.74) is 2.07. The highest BCUT2D eigenvalue weighted by Crippen LogP contribution is 2.33. The van der Waals surface area contributed by atoms with Crippen LogP contribution in [0, 0.1) is 0 Å². The topological polar surface area (TPSA) is 51.1 Å². The number of ketones is 1. The first-order valence-electron chi connectivity index (χ1n) is 9.17. The summed E-state index contributed by atoms with van der Waals surface area (Å²) in [6, 6.07) is 18.8. The van der Waals surface area contributed by atoms with Crippen molar-refractivity contribution in [3.8, 4) is 0 Å². The number of carbonyl (C=O) groups excluding carboxylic acids is 2. The number of benzene rings is 3. The molecule has 0 bridgehead atoms. The number of hydrogen-bond donors (Lipinski definition) is 1. The zero-order valence-corrected chi connectivity index (χ0v) is 18.9. The van der Waals surface area contributed by atoms with Gasteiger partial charge in [0.2, 0.25) is 0 Å². The van der Waals surface area contributed by atoms with Crippen LogP contribution in [0.15, 0.2) is 66.7 Å². The Morgan fingerprint density at radius 2 is 1.52 bits per heavy atom. The molecule has 0 saturated carbocycles. The first-order chi connectivity index (χ1) is 14.8. The molecule has 0 saturated heterocycles.